The Balaban J connectivity index is 2.60. The van der Waals surface area contributed by atoms with Gasteiger partial charge in [0, 0.05) is 0 Å². The topological polar surface area (TPSA) is 46.6 Å². The summed E-state index contributed by atoms with van der Waals surface area (Å²) in [6.07, 6.45) is -0.602. The smallest absolute Gasteiger partial charge is 0.417 e. The van der Waals surface area contributed by atoms with E-state index in [-0.39, 0.29) is 6.61 Å². The minimum absolute atomic E-state index is 0.283. The Morgan fingerprint density at radius 3 is 2.67 bits per heavy atom. The minimum atomic E-state index is -0.602. The van der Waals surface area contributed by atoms with E-state index in [1.165, 1.54) is 0 Å². The number of carbonyl (C=O) groups is 2. The molecule has 0 unspecified atom stereocenters. The summed E-state index contributed by atoms with van der Waals surface area (Å²) in [5.74, 6) is 0. The second kappa shape index (κ2) is 2.26. The van der Waals surface area contributed by atoms with Crippen molar-refractivity contribution in [3.63, 3.8) is 0 Å². The zero-order valence-corrected chi connectivity index (χ0v) is 5.43. The van der Waals surface area contributed by atoms with Gasteiger partial charge in [-0.25, -0.2) is 9.69 Å². The minimum Gasteiger partial charge on any atom is -0.447 e. The van der Waals surface area contributed by atoms with Crippen LogP contribution < -0.4 is 0 Å². The van der Waals surface area contributed by atoms with Crippen LogP contribution in [0.3, 0.4) is 0 Å². The molecule has 1 fully saturated rings. The Morgan fingerprint density at radius 2 is 2.44 bits per heavy atom. The Kier molecular flexibility index (Phi) is 1.61. The molecule has 0 aromatic rings. The van der Waals surface area contributed by atoms with Crippen molar-refractivity contribution < 1.29 is 14.3 Å². The van der Waals surface area contributed by atoms with Crippen molar-refractivity contribution in [2.75, 3.05) is 13.2 Å². The number of ether oxygens (including phenoxy) is 1. The number of amides is 2. The molecule has 4 nitrogen and oxygen atoms in total. The number of rotatable bonds is 0. The summed E-state index contributed by atoms with van der Waals surface area (Å²) in [5.41, 5.74) is 0. The fourth-order valence-corrected chi connectivity index (χ4v) is 0.749. The van der Waals surface area contributed by atoms with Crippen molar-refractivity contribution in [3.05, 3.63) is 0 Å². The Hall–Kier alpha value is -0.710. The van der Waals surface area contributed by atoms with Gasteiger partial charge in [-0.2, -0.15) is 0 Å². The summed E-state index contributed by atoms with van der Waals surface area (Å²) >= 11 is 3.44. The third kappa shape index (κ3) is 1.16. The van der Waals surface area contributed by atoms with Crippen LogP contribution in [0.4, 0.5) is 9.59 Å². The van der Waals surface area contributed by atoms with Crippen molar-refractivity contribution in [2.24, 2.45) is 0 Å². The Bertz CT molecular complexity index is 158. The summed E-state index contributed by atoms with van der Waals surface area (Å²) < 4.78 is 4.44. The quantitative estimate of drug-likeness (QED) is 0.507. The number of thiol groups is 1. The summed E-state index contributed by atoms with van der Waals surface area (Å²) in [6.45, 7) is 0.603. The zero-order chi connectivity index (χ0) is 6.85. The van der Waals surface area contributed by atoms with E-state index in [4.69, 9.17) is 0 Å². The van der Waals surface area contributed by atoms with Crippen LogP contribution in [0.15, 0.2) is 0 Å². The van der Waals surface area contributed by atoms with Crippen molar-refractivity contribution in [1.82, 2.24) is 4.90 Å². The van der Waals surface area contributed by atoms with Crippen molar-refractivity contribution in [2.45, 2.75) is 0 Å². The van der Waals surface area contributed by atoms with Gasteiger partial charge in [0.15, 0.2) is 0 Å². The number of cyclic esters (lactones) is 1. The third-order valence-electron chi connectivity index (χ3n) is 0.992. The first kappa shape index (κ1) is 6.41. The molecule has 1 rings (SSSR count). The van der Waals surface area contributed by atoms with E-state index in [0.29, 0.717) is 6.54 Å². The van der Waals surface area contributed by atoms with E-state index in [0.717, 1.165) is 4.90 Å². The largest absolute Gasteiger partial charge is 0.447 e. The number of nitrogens with zero attached hydrogens (tertiary/aromatic N) is 1. The summed E-state index contributed by atoms with van der Waals surface area (Å²) in [4.78, 5) is 21.7. The second-order valence-corrected chi connectivity index (χ2v) is 1.93. The highest BCUT2D eigenvalue weighted by atomic mass is 32.1. The maximum Gasteiger partial charge on any atom is 0.417 e. The Labute approximate surface area is 57.2 Å². The predicted molar refractivity (Wildman–Crippen MR) is 32.4 cm³/mol. The molecule has 1 saturated heterocycles. The molecule has 0 N–H and O–H groups in total. The number of carbonyl (C=O) groups excluding carboxylic acids is 2. The van der Waals surface area contributed by atoms with Crippen molar-refractivity contribution in [1.29, 1.82) is 0 Å². The third-order valence-corrected chi connectivity index (χ3v) is 1.23. The number of hydrogen-bond acceptors (Lipinski definition) is 3. The lowest BCUT2D eigenvalue weighted by molar-refractivity contribution is 0.163. The SMILES string of the molecule is O=C(S)N1CCOC1=O. The van der Waals surface area contributed by atoms with Gasteiger partial charge in [-0.1, -0.05) is 12.6 Å². The van der Waals surface area contributed by atoms with Gasteiger partial charge in [-0.15, -0.1) is 0 Å². The Morgan fingerprint density at radius 1 is 1.78 bits per heavy atom. The molecular weight excluding hydrogens is 142 g/mol. The first-order valence-corrected chi connectivity index (χ1v) is 2.84. The zero-order valence-electron chi connectivity index (χ0n) is 4.53. The van der Waals surface area contributed by atoms with Gasteiger partial charge >= 0.3 is 6.09 Å². The molecule has 2 amide bonds. The molecule has 0 aromatic carbocycles. The maximum absolute atomic E-state index is 10.4. The number of imide groups is 1. The standard InChI is InChI=1S/C4H5NO3S/c6-3-5(4(7)9)1-2-8-3/h1-2H2,(H,7,9). The van der Waals surface area contributed by atoms with Crippen LogP contribution in [0.5, 0.6) is 0 Å². The van der Waals surface area contributed by atoms with Gasteiger partial charge in [0.05, 0.1) is 6.54 Å². The van der Waals surface area contributed by atoms with Crippen LogP contribution in [0.2, 0.25) is 0 Å². The van der Waals surface area contributed by atoms with Crippen LogP contribution in [0.25, 0.3) is 0 Å². The van der Waals surface area contributed by atoms with Gasteiger partial charge in [-0.05, 0) is 0 Å². The molecule has 5 heteroatoms. The average molecular weight is 147 g/mol. The normalized spacial score (nSPS) is 17.9. The molecule has 0 bridgehead atoms. The summed E-state index contributed by atoms with van der Waals surface area (Å²) in [5, 5.41) is -0.558. The highest BCUT2D eigenvalue weighted by molar-refractivity contribution is 7.96. The van der Waals surface area contributed by atoms with Crippen LogP contribution in [0, 0.1) is 0 Å². The van der Waals surface area contributed by atoms with E-state index in [2.05, 4.69) is 17.4 Å². The highest BCUT2D eigenvalue weighted by Crippen LogP contribution is 2.05. The molecule has 1 aliphatic heterocycles. The molecule has 0 spiro atoms. The van der Waals surface area contributed by atoms with Crippen molar-refractivity contribution >= 4 is 24.0 Å². The van der Waals surface area contributed by atoms with E-state index in [1.807, 2.05) is 0 Å². The first-order valence-electron chi connectivity index (χ1n) is 2.39. The first-order chi connectivity index (χ1) is 4.22. The molecule has 0 saturated carbocycles. The summed E-state index contributed by atoms with van der Waals surface area (Å²) in [7, 11) is 0. The summed E-state index contributed by atoms with van der Waals surface area (Å²) in [6, 6.07) is 0. The fourth-order valence-electron chi connectivity index (χ4n) is 0.567. The molecule has 0 radical (unpaired) electrons. The van der Waals surface area contributed by atoms with Crippen LogP contribution in [-0.4, -0.2) is 29.4 Å². The van der Waals surface area contributed by atoms with Crippen LogP contribution in [-0.2, 0) is 4.74 Å². The maximum atomic E-state index is 10.4. The van der Waals surface area contributed by atoms with E-state index >= 15 is 0 Å². The average Bonchev–Trinajstić information content (AvgIpc) is 2.13. The predicted octanol–water partition coefficient (Wildman–Crippen LogP) is 0.488. The number of hydrogen-bond donors (Lipinski definition) is 1. The van der Waals surface area contributed by atoms with Crippen LogP contribution >= 0.6 is 12.6 Å². The molecular formula is C4H5NO3S. The fraction of sp³-hybridized carbons (Fsp3) is 0.500. The van der Waals surface area contributed by atoms with Gasteiger partial charge in [0.2, 0.25) is 0 Å². The lowest BCUT2D eigenvalue weighted by Gasteiger charge is -2.03. The van der Waals surface area contributed by atoms with E-state index < -0.39 is 11.3 Å². The highest BCUT2D eigenvalue weighted by Gasteiger charge is 2.25. The van der Waals surface area contributed by atoms with E-state index in [1.54, 1.807) is 0 Å². The van der Waals surface area contributed by atoms with Crippen LogP contribution in [0.1, 0.15) is 0 Å². The van der Waals surface area contributed by atoms with Crippen molar-refractivity contribution in [3.8, 4) is 0 Å². The molecule has 1 heterocycles. The lowest BCUT2D eigenvalue weighted by Crippen LogP contribution is -2.26. The van der Waals surface area contributed by atoms with E-state index in [9.17, 15) is 9.59 Å². The molecule has 0 aromatic heterocycles. The monoisotopic (exact) mass is 147 g/mol. The molecule has 0 atom stereocenters. The van der Waals surface area contributed by atoms with Gasteiger partial charge in [0.1, 0.15) is 6.61 Å². The lowest BCUT2D eigenvalue weighted by atomic mass is 10.7. The molecule has 1 aliphatic rings. The second-order valence-electron chi connectivity index (χ2n) is 1.55. The van der Waals surface area contributed by atoms with Gasteiger partial charge < -0.3 is 4.74 Å². The van der Waals surface area contributed by atoms with Gasteiger partial charge in [0.25, 0.3) is 5.24 Å². The molecule has 0 aliphatic carbocycles. The van der Waals surface area contributed by atoms with Gasteiger partial charge in [-0.3, -0.25) is 4.79 Å². The molecule has 50 valence electrons. The molecule has 9 heavy (non-hydrogen) atoms.